The first-order chi connectivity index (χ1) is 17.8. The van der Waals surface area contributed by atoms with E-state index in [0.29, 0.717) is 36.5 Å². The van der Waals surface area contributed by atoms with Crippen LogP contribution in [-0.4, -0.2) is 103 Å². The minimum absolute atomic E-state index is 0.118. The second kappa shape index (κ2) is 10.6. The van der Waals surface area contributed by atoms with Gasteiger partial charge >= 0.3 is 0 Å². The molecule has 196 valence electrons. The number of hydrogen-bond acceptors (Lipinski definition) is 9. The van der Waals surface area contributed by atoms with Crippen LogP contribution in [0.4, 0.5) is 11.5 Å². The summed E-state index contributed by atoms with van der Waals surface area (Å²) < 4.78 is 31.1. The van der Waals surface area contributed by atoms with Gasteiger partial charge in [0.15, 0.2) is 5.82 Å². The molecule has 2 aromatic heterocycles. The zero-order chi connectivity index (χ0) is 26.0. The van der Waals surface area contributed by atoms with Gasteiger partial charge in [-0.25, -0.2) is 18.4 Å². The van der Waals surface area contributed by atoms with Crippen LogP contribution in [-0.2, 0) is 19.6 Å². The van der Waals surface area contributed by atoms with E-state index in [1.807, 2.05) is 23.1 Å². The molecule has 12 heteroatoms. The molecule has 5 rings (SSSR count). The molecule has 37 heavy (non-hydrogen) atoms. The highest BCUT2D eigenvalue weighted by Gasteiger charge is 2.26. The van der Waals surface area contributed by atoms with Gasteiger partial charge in [0.05, 0.1) is 30.2 Å². The van der Waals surface area contributed by atoms with Crippen LogP contribution in [0.1, 0.15) is 6.92 Å². The van der Waals surface area contributed by atoms with Crippen molar-refractivity contribution < 1.29 is 17.9 Å². The standard InChI is InChI=1S/C25H31N7O4S/c1-18(33)30-9-11-31(12-10-30)20-5-3-19(4-6-20)22-15-23-24(27-8-7-26-23)25(29-22)28-16-21-17-32(13-14-36-21)37(2,34)35/h3-8,15,21H,9-14,16-17H2,1-2H3,(H,28,29)/t21-/m1/s1. The summed E-state index contributed by atoms with van der Waals surface area (Å²) in [4.78, 5) is 29.5. The third kappa shape index (κ3) is 5.81. The van der Waals surface area contributed by atoms with E-state index in [-0.39, 0.29) is 18.6 Å². The molecule has 0 saturated carbocycles. The van der Waals surface area contributed by atoms with Gasteiger partial charge in [0.25, 0.3) is 0 Å². The fourth-order valence-corrected chi connectivity index (χ4v) is 5.54. The molecule has 2 fully saturated rings. The topological polar surface area (TPSA) is 121 Å². The molecular formula is C25H31N7O4S. The molecule has 4 heterocycles. The Kier molecular flexibility index (Phi) is 7.22. The maximum absolute atomic E-state index is 11.9. The van der Waals surface area contributed by atoms with Crippen molar-refractivity contribution in [3.05, 3.63) is 42.7 Å². The highest BCUT2D eigenvalue weighted by molar-refractivity contribution is 7.88. The highest BCUT2D eigenvalue weighted by Crippen LogP contribution is 2.28. The SMILES string of the molecule is CC(=O)N1CCN(c2ccc(-c3cc4nccnc4c(NC[C@@H]4CN(S(C)(=O)=O)CCO4)n3)cc2)CC1. The first-order valence-corrected chi connectivity index (χ1v) is 14.2. The molecule has 3 aromatic rings. The van der Waals surface area contributed by atoms with E-state index in [1.165, 1.54) is 10.6 Å². The lowest BCUT2D eigenvalue weighted by Gasteiger charge is -2.35. The molecule has 2 saturated heterocycles. The number of nitrogens with one attached hydrogen (secondary N) is 1. The Hall–Kier alpha value is -3.35. The second-order valence-corrected chi connectivity index (χ2v) is 11.3. The van der Waals surface area contributed by atoms with Crippen LogP contribution >= 0.6 is 0 Å². The summed E-state index contributed by atoms with van der Waals surface area (Å²) in [5, 5.41) is 3.32. The zero-order valence-electron chi connectivity index (χ0n) is 21.0. The van der Waals surface area contributed by atoms with E-state index in [4.69, 9.17) is 9.72 Å². The average Bonchev–Trinajstić information content (AvgIpc) is 2.91. The number of ether oxygens (including phenoxy) is 1. The van der Waals surface area contributed by atoms with Crippen molar-refractivity contribution in [1.82, 2.24) is 24.2 Å². The predicted octanol–water partition coefficient (Wildman–Crippen LogP) is 1.43. The number of carbonyl (C=O) groups is 1. The van der Waals surface area contributed by atoms with Crippen LogP contribution < -0.4 is 10.2 Å². The van der Waals surface area contributed by atoms with E-state index < -0.39 is 10.0 Å². The van der Waals surface area contributed by atoms with Crippen LogP contribution in [0.15, 0.2) is 42.7 Å². The average molecular weight is 526 g/mol. The van der Waals surface area contributed by atoms with Crippen molar-refractivity contribution in [3.8, 4) is 11.3 Å². The Bertz CT molecular complexity index is 1380. The van der Waals surface area contributed by atoms with Crippen molar-refractivity contribution in [2.45, 2.75) is 13.0 Å². The Morgan fingerprint density at radius 1 is 1.08 bits per heavy atom. The first-order valence-electron chi connectivity index (χ1n) is 12.3. The number of rotatable bonds is 6. The van der Waals surface area contributed by atoms with Crippen molar-refractivity contribution in [1.29, 1.82) is 0 Å². The van der Waals surface area contributed by atoms with Crippen LogP contribution in [0.3, 0.4) is 0 Å². The molecule has 1 N–H and O–H groups in total. The van der Waals surface area contributed by atoms with Crippen molar-refractivity contribution in [3.63, 3.8) is 0 Å². The lowest BCUT2D eigenvalue weighted by molar-refractivity contribution is -0.129. The number of carbonyl (C=O) groups excluding carboxylic acids is 1. The van der Waals surface area contributed by atoms with Crippen molar-refractivity contribution in [2.24, 2.45) is 0 Å². The molecule has 1 atom stereocenters. The number of hydrogen-bond donors (Lipinski definition) is 1. The Balaban J connectivity index is 1.33. The van der Waals surface area contributed by atoms with E-state index in [0.717, 1.165) is 43.1 Å². The third-order valence-corrected chi connectivity index (χ3v) is 8.05. The molecule has 0 bridgehead atoms. The molecule has 2 aliphatic heterocycles. The molecule has 0 radical (unpaired) electrons. The maximum atomic E-state index is 11.9. The number of morpholine rings is 1. The predicted molar refractivity (Wildman–Crippen MR) is 142 cm³/mol. The lowest BCUT2D eigenvalue weighted by Crippen LogP contribution is -2.48. The summed E-state index contributed by atoms with van der Waals surface area (Å²) >= 11 is 0. The Morgan fingerprint density at radius 3 is 2.51 bits per heavy atom. The molecule has 2 aliphatic rings. The van der Waals surface area contributed by atoms with Crippen LogP contribution in [0.5, 0.6) is 0 Å². The van der Waals surface area contributed by atoms with E-state index in [9.17, 15) is 13.2 Å². The largest absolute Gasteiger partial charge is 0.374 e. The van der Waals surface area contributed by atoms with Gasteiger partial charge in [0.2, 0.25) is 15.9 Å². The summed E-state index contributed by atoms with van der Waals surface area (Å²) in [5.74, 6) is 0.692. The molecule has 1 aromatic carbocycles. The van der Waals surface area contributed by atoms with E-state index in [1.54, 1.807) is 19.3 Å². The fraction of sp³-hybridized carbons (Fsp3) is 0.440. The van der Waals surface area contributed by atoms with Crippen LogP contribution in [0.25, 0.3) is 22.3 Å². The summed E-state index contributed by atoms with van der Waals surface area (Å²) in [5.41, 5.74) is 4.16. The number of anilines is 2. The molecular weight excluding hydrogens is 494 g/mol. The minimum Gasteiger partial charge on any atom is -0.374 e. The lowest BCUT2D eigenvalue weighted by atomic mass is 10.1. The van der Waals surface area contributed by atoms with Gasteiger partial charge in [-0.05, 0) is 18.2 Å². The fourth-order valence-electron chi connectivity index (χ4n) is 4.69. The number of amides is 1. The number of sulfonamides is 1. The summed E-state index contributed by atoms with van der Waals surface area (Å²) in [6.45, 7) is 6.06. The van der Waals surface area contributed by atoms with E-state index >= 15 is 0 Å². The number of aromatic nitrogens is 3. The highest BCUT2D eigenvalue weighted by atomic mass is 32.2. The van der Waals surface area contributed by atoms with Gasteiger partial charge in [-0.3, -0.25) is 9.78 Å². The van der Waals surface area contributed by atoms with Crippen molar-refractivity contribution in [2.75, 3.05) is 68.9 Å². The monoisotopic (exact) mass is 525 g/mol. The number of piperazine rings is 1. The summed E-state index contributed by atoms with van der Waals surface area (Å²) in [6.07, 6.45) is 4.18. The quantitative estimate of drug-likeness (QED) is 0.509. The zero-order valence-corrected chi connectivity index (χ0v) is 21.8. The van der Waals surface area contributed by atoms with Gasteiger partial charge in [-0.15, -0.1) is 0 Å². The number of fused-ring (bicyclic) bond motifs is 1. The van der Waals surface area contributed by atoms with Gasteiger partial charge in [0.1, 0.15) is 5.52 Å². The normalized spacial score (nSPS) is 19.2. The van der Waals surface area contributed by atoms with E-state index in [2.05, 4.69) is 32.3 Å². The third-order valence-electron chi connectivity index (χ3n) is 6.78. The summed E-state index contributed by atoms with van der Waals surface area (Å²) in [6, 6.07) is 10.1. The molecule has 0 aliphatic carbocycles. The van der Waals surface area contributed by atoms with Gasteiger partial charge in [-0.2, -0.15) is 4.31 Å². The second-order valence-electron chi connectivity index (χ2n) is 9.31. The van der Waals surface area contributed by atoms with Gasteiger partial charge in [-0.1, -0.05) is 12.1 Å². The molecule has 0 spiro atoms. The molecule has 0 unspecified atom stereocenters. The van der Waals surface area contributed by atoms with Gasteiger partial charge < -0.3 is 19.9 Å². The first kappa shape index (κ1) is 25.3. The summed E-state index contributed by atoms with van der Waals surface area (Å²) in [7, 11) is -3.27. The Labute approximate surface area is 216 Å². The van der Waals surface area contributed by atoms with Crippen LogP contribution in [0, 0.1) is 0 Å². The van der Waals surface area contributed by atoms with Crippen LogP contribution in [0.2, 0.25) is 0 Å². The minimum atomic E-state index is -3.27. The Morgan fingerprint density at radius 2 is 1.81 bits per heavy atom. The number of benzene rings is 1. The molecule has 1 amide bonds. The number of nitrogens with zero attached hydrogens (tertiary/aromatic N) is 6. The molecule has 11 nitrogen and oxygen atoms in total. The van der Waals surface area contributed by atoms with Gasteiger partial charge in [0, 0.05) is 76.4 Å². The maximum Gasteiger partial charge on any atom is 0.219 e. The van der Waals surface area contributed by atoms with Crippen molar-refractivity contribution >= 4 is 38.5 Å². The number of pyridine rings is 1. The smallest absolute Gasteiger partial charge is 0.219 e.